The van der Waals surface area contributed by atoms with Gasteiger partial charge in [0, 0.05) is 38.5 Å². The molecule has 11 rings (SSSR count). The van der Waals surface area contributed by atoms with Crippen LogP contribution in [-0.2, 0) is 0 Å². The van der Waals surface area contributed by atoms with Gasteiger partial charge in [-0.05, 0) is 52.9 Å². The van der Waals surface area contributed by atoms with Gasteiger partial charge in [-0.2, -0.15) is 9.97 Å². The molecule has 3 aromatic heterocycles. The lowest BCUT2D eigenvalue weighted by atomic mass is 9.98. The van der Waals surface area contributed by atoms with Crippen LogP contribution in [0.3, 0.4) is 0 Å². The van der Waals surface area contributed by atoms with Gasteiger partial charge in [-0.3, -0.25) is 9.13 Å². The van der Waals surface area contributed by atoms with E-state index in [0.717, 1.165) is 82.9 Å². The highest BCUT2D eigenvalue weighted by molar-refractivity contribution is 6.19. The average molecular weight is 717 g/mol. The van der Waals surface area contributed by atoms with Crippen molar-refractivity contribution in [2.45, 2.75) is 0 Å². The van der Waals surface area contributed by atoms with E-state index in [0.29, 0.717) is 17.6 Å². The SMILES string of the molecule is c1ccc(-c2nc(-c3ccccc3)nc(-n3c4ccccc4c4ccc5ccc(-c6ccc(-c7nc8ccccc8n7-c7ccccc7)cc6)cc5c43)n2)cc1. The van der Waals surface area contributed by atoms with Crippen LogP contribution in [0.4, 0.5) is 0 Å². The molecule has 0 saturated heterocycles. The van der Waals surface area contributed by atoms with Gasteiger partial charge < -0.3 is 0 Å². The summed E-state index contributed by atoms with van der Waals surface area (Å²) in [6.45, 7) is 0. The average Bonchev–Trinajstić information content (AvgIpc) is 3.84. The van der Waals surface area contributed by atoms with Gasteiger partial charge >= 0.3 is 0 Å². The Balaban J connectivity index is 1.09. The predicted molar refractivity (Wildman–Crippen MR) is 228 cm³/mol. The van der Waals surface area contributed by atoms with Gasteiger partial charge in [0.15, 0.2) is 11.6 Å². The smallest absolute Gasteiger partial charge is 0.238 e. The van der Waals surface area contributed by atoms with Crippen molar-refractivity contribution in [3.8, 4) is 56.9 Å². The fourth-order valence-corrected chi connectivity index (χ4v) is 7.93. The summed E-state index contributed by atoms with van der Waals surface area (Å²) in [5.74, 6) is 2.74. The number of para-hydroxylation sites is 4. The van der Waals surface area contributed by atoms with Crippen LogP contribution < -0.4 is 0 Å². The summed E-state index contributed by atoms with van der Waals surface area (Å²) in [5, 5.41) is 4.54. The summed E-state index contributed by atoms with van der Waals surface area (Å²) in [7, 11) is 0. The number of fused-ring (bicyclic) bond motifs is 6. The van der Waals surface area contributed by atoms with Crippen molar-refractivity contribution < 1.29 is 0 Å². The van der Waals surface area contributed by atoms with E-state index in [4.69, 9.17) is 19.9 Å². The first-order valence-corrected chi connectivity index (χ1v) is 18.7. The van der Waals surface area contributed by atoms with Crippen LogP contribution in [0.2, 0.25) is 0 Å². The molecule has 0 radical (unpaired) electrons. The Morgan fingerprint density at radius 1 is 0.339 bits per heavy atom. The molecule has 3 heterocycles. The maximum absolute atomic E-state index is 5.18. The highest BCUT2D eigenvalue weighted by Crippen LogP contribution is 2.38. The molecule has 0 amide bonds. The van der Waals surface area contributed by atoms with E-state index in [1.165, 1.54) is 0 Å². The summed E-state index contributed by atoms with van der Waals surface area (Å²) in [4.78, 5) is 20.4. The normalized spacial score (nSPS) is 11.6. The monoisotopic (exact) mass is 716 g/mol. The first-order chi connectivity index (χ1) is 27.8. The zero-order valence-corrected chi connectivity index (χ0v) is 30.2. The van der Waals surface area contributed by atoms with E-state index in [9.17, 15) is 0 Å². The molecule has 0 spiro atoms. The molecule has 262 valence electrons. The second-order valence-corrected chi connectivity index (χ2v) is 13.9. The predicted octanol–water partition coefficient (Wildman–Crippen LogP) is 12.1. The van der Waals surface area contributed by atoms with Crippen LogP contribution in [0.25, 0.3) is 101 Å². The van der Waals surface area contributed by atoms with Gasteiger partial charge in [0.2, 0.25) is 5.95 Å². The third-order valence-corrected chi connectivity index (χ3v) is 10.6. The van der Waals surface area contributed by atoms with Gasteiger partial charge in [0.05, 0.1) is 22.1 Å². The Hall–Kier alpha value is -7.70. The van der Waals surface area contributed by atoms with E-state index in [-0.39, 0.29) is 0 Å². The Kier molecular flexibility index (Phi) is 7.38. The van der Waals surface area contributed by atoms with E-state index in [2.05, 4.69) is 130 Å². The standard InChI is InChI=1S/C50H32N6/c1-4-14-35(15-5-1)47-52-48(36-16-6-2-7-17-36)54-50(53-47)56-44-22-12-10-20-40(44)41-31-30-34-26-29-38(32-42(34)46(41)56)33-24-27-37(28-25-33)49-51-43-21-11-13-23-45(43)55(49)39-18-8-3-9-19-39/h1-32H. The first kappa shape index (κ1) is 31.8. The number of imidazole rings is 1. The minimum absolute atomic E-state index is 0.576. The Morgan fingerprint density at radius 2 is 0.911 bits per heavy atom. The van der Waals surface area contributed by atoms with Gasteiger partial charge in [-0.25, -0.2) is 9.97 Å². The lowest BCUT2D eigenvalue weighted by molar-refractivity contribution is 0.955. The molecule has 8 aromatic carbocycles. The van der Waals surface area contributed by atoms with Crippen LogP contribution in [0.5, 0.6) is 0 Å². The number of hydrogen-bond acceptors (Lipinski definition) is 4. The lowest BCUT2D eigenvalue weighted by Crippen LogP contribution is -2.06. The van der Waals surface area contributed by atoms with Gasteiger partial charge in [0.25, 0.3) is 0 Å². The van der Waals surface area contributed by atoms with E-state index < -0.39 is 0 Å². The largest absolute Gasteiger partial charge is 0.292 e. The van der Waals surface area contributed by atoms with Crippen LogP contribution in [-0.4, -0.2) is 29.1 Å². The summed E-state index contributed by atoms with van der Waals surface area (Å²) in [5.41, 5.74) is 10.4. The second-order valence-electron chi connectivity index (χ2n) is 13.9. The van der Waals surface area contributed by atoms with Crippen LogP contribution >= 0.6 is 0 Å². The van der Waals surface area contributed by atoms with Gasteiger partial charge in [-0.15, -0.1) is 0 Å². The number of hydrogen-bond donors (Lipinski definition) is 0. The van der Waals surface area contributed by atoms with Crippen LogP contribution in [0.1, 0.15) is 0 Å². The minimum Gasteiger partial charge on any atom is -0.292 e. The van der Waals surface area contributed by atoms with Crippen molar-refractivity contribution in [3.63, 3.8) is 0 Å². The summed E-state index contributed by atoms with van der Waals surface area (Å²) in [6, 6.07) is 67.4. The molecule has 11 aromatic rings. The zero-order chi connectivity index (χ0) is 37.0. The highest BCUT2D eigenvalue weighted by atomic mass is 15.2. The molecule has 0 bridgehead atoms. The molecule has 0 aliphatic rings. The van der Waals surface area contributed by atoms with Crippen LogP contribution in [0.15, 0.2) is 194 Å². The van der Waals surface area contributed by atoms with Crippen molar-refractivity contribution in [3.05, 3.63) is 194 Å². The molecule has 6 nitrogen and oxygen atoms in total. The number of nitrogens with zero attached hydrogens (tertiary/aromatic N) is 6. The number of benzene rings is 8. The van der Waals surface area contributed by atoms with E-state index in [1.807, 2.05) is 72.8 Å². The fraction of sp³-hybridized carbons (Fsp3) is 0. The minimum atomic E-state index is 0.576. The molecule has 0 aliphatic heterocycles. The van der Waals surface area contributed by atoms with Crippen LogP contribution in [0, 0.1) is 0 Å². The lowest BCUT2D eigenvalue weighted by Gasteiger charge is -2.13. The van der Waals surface area contributed by atoms with Crippen molar-refractivity contribution in [2.24, 2.45) is 0 Å². The Labute approximate surface area is 322 Å². The fourth-order valence-electron chi connectivity index (χ4n) is 7.93. The van der Waals surface area contributed by atoms with Gasteiger partial charge in [-0.1, -0.05) is 158 Å². The molecule has 56 heavy (non-hydrogen) atoms. The van der Waals surface area contributed by atoms with E-state index in [1.54, 1.807) is 0 Å². The zero-order valence-electron chi connectivity index (χ0n) is 30.2. The van der Waals surface area contributed by atoms with Gasteiger partial charge in [0.1, 0.15) is 5.82 Å². The highest BCUT2D eigenvalue weighted by Gasteiger charge is 2.20. The van der Waals surface area contributed by atoms with E-state index >= 15 is 0 Å². The maximum Gasteiger partial charge on any atom is 0.238 e. The number of rotatable bonds is 6. The molecule has 6 heteroatoms. The molecular weight excluding hydrogens is 685 g/mol. The Morgan fingerprint density at radius 3 is 1.62 bits per heavy atom. The summed E-state index contributed by atoms with van der Waals surface area (Å²) < 4.78 is 4.46. The van der Waals surface area contributed by atoms with Crippen molar-refractivity contribution in [2.75, 3.05) is 0 Å². The molecule has 0 unspecified atom stereocenters. The quantitative estimate of drug-likeness (QED) is 0.172. The molecule has 0 fully saturated rings. The summed E-state index contributed by atoms with van der Waals surface area (Å²) in [6.07, 6.45) is 0. The Bertz CT molecular complexity index is 3160. The van der Waals surface area contributed by atoms with Crippen molar-refractivity contribution >= 4 is 43.6 Å². The molecule has 0 atom stereocenters. The molecular formula is C50H32N6. The van der Waals surface area contributed by atoms with Crippen molar-refractivity contribution in [1.82, 2.24) is 29.1 Å². The first-order valence-electron chi connectivity index (χ1n) is 18.7. The third kappa shape index (κ3) is 5.27. The maximum atomic E-state index is 5.18. The second kappa shape index (κ2) is 13.0. The summed E-state index contributed by atoms with van der Waals surface area (Å²) >= 11 is 0. The topological polar surface area (TPSA) is 61.4 Å². The number of aromatic nitrogens is 6. The molecule has 0 saturated carbocycles. The molecule has 0 aliphatic carbocycles. The third-order valence-electron chi connectivity index (χ3n) is 10.6. The van der Waals surface area contributed by atoms with Crippen molar-refractivity contribution in [1.29, 1.82) is 0 Å². The molecule has 0 N–H and O–H groups in total.